The lowest BCUT2D eigenvalue weighted by Crippen LogP contribution is -2.51. The number of carbonyl (C=O) groups excluding carboxylic acids is 1. The fraction of sp³-hybridized carbons (Fsp3) is 0.889. The quantitative estimate of drug-likeness (QED) is 0.611. The van der Waals surface area contributed by atoms with Gasteiger partial charge in [-0.05, 0) is 31.7 Å². The van der Waals surface area contributed by atoms with Crippen molar-refractivity contribution in [3.63, 3.8) is 0 Å². The molecule has 0 aromatic heterocycles. The van der Waals surface area contributed by atoms with Gasteiger partial charge in [-0.15, -0.1) is 0 Å². The summed E-state index contributed by atoms with van der Waals surface area (Å²) in [5.41, 5.74) is 10.7. The summed E-state index contributed by atoms with van der Waals surface area (Å²) in [6.07, 6.45) is 1.72. The molecular formula is C9H16N2O3. The number of carbonyl (C=O) groups is 1. The Kier molecular flexibility index (Phi) is 2.36. The maximum Gasteiger partial charge on any atom is 0.509 e. The third kappa shape index (κ3) is 1.36. The average Bonchev–Trinajstić information content (AvgIpc) is 2.53. The highest BCUT2D eigenvalue weighted by molar-refractivity contribution is 5.63. The van der Waals surface area contributed by atoms with Crippen LogP contribution < -0.4 is 11.5 Å². The highest BCUT2D eigenvalue weighted by atomic mass is 16.8. The number of nitrogens with two attached hydrogens (primary N) is 2. The first-order valence-corrected chi connectivity index (χ1v) is 5.00. The Morgan fingerprint density at radius 3 is 2.93 bits per heavy atom. The molecule has 14 heavy (non-hydrogen) atoms. The summed E-state index contributed by atoms with van der Waals surface area (Å²) >= 11 is 0. The lowest BCUT2D eigenvalue weighted by Gasteiger charge is -2.36. The minimum Gasteiger partial charge on any atom is -0.427 e. The van der Waals surface area contributed by atoms with E-state index < -0.39 is 11.8 Å². The fourth-order valence-electron chi connectivity index (χ4n) is 2.31. The van der Waals surface area contributed by atoms with Crippen LogP contribution in [-0.2, 0) is 9.47 Å². The van der Waals surface area contributed by atoms with E-state index in [1.165, 1.54) is 0 Å². The molecule has 1 saturated carbocycles. The van der Waals surface area contributed by atoms with Gasteiger partial charge in [-0.2, -0.15) is 0 Å². The van der Waals surface area contributed by atoms with E-state index in [1.807, 2.05) is 0 Å². The van der Waals surface area contributed by atoms with Crippen LogP contribution in [0.5, 0.6) is 0 Å². The van der Waals surface area contributed by atoms with Crippen LogP contribution in [0.25, 0.3) is 0 Å². The van der Waals surface area contributed by atoms with Crippen molar-refractivity contribution in [3.05, 3.63) is 0 Å². The highest BCUT2D eigenvalue weighted by Crippen LogP contribution is 2.40. The van der Waals surface area contributed by atoms with E-state index in [9.17, 15) is 4.79 Å². The van der Waals surface area contributed by atoms with Crippen LogP contribution in [0, 0.1) is 5.92 Å². The average molecular weight is 200 g/mol. The summed E-state index contributed by atoms with van der Waals surface area (Å²) in [7, 11) is 0. The molecule has 2 rings (SSSR count). The van der Waals surface area contributed by atoms with Crippen molar-refractivity contribution >= 4 is 6.16 Å². The maximum absolute atomic E-state index is 11.0. The van der Waals surface area contributed by atoms with Gasteiger partial charge in [0.1, 0.15) is 6.10 Å². The Balaban J connectivity index is 2.12. The normalized spacial score (nSPS) is 41.4. The fourth-order valence-corrected chi connectivity index (χ4v) is 2.31. The summed E-state index contributed by atoms with van der Waals surface area (Å²) < 4.78 is 10.3. The second kappa shape index (κ2) is 3.40. The monoisotopic (exact) mass is 200 g/mol. The molecule has 0 aromatic carbocycles. The number of hydrogen-bond donors (Lipinski definition) is 2. The minimum absolute atomic E-state index is 0.192. The molecular weight excluding hydrogens is 184 g/mol. The predicted molar refractivity (Wildman–Crippen MR) is 49.5 cm³/mol. The van der Waals surface area contributed by atoms with Gasteiger partial charge < -0.3 is 20.9 Å². The van der Waals surface area contributed by atoms with Crippen LogP contribution in [0.15, 0.2) is 0 Å². The Hall–Kier alpha value is -0.810. The van der Waals surface area contributed by atoms with Crippen molar-refractivity contribution in [2.24, 2.45) is 17.4 Å². The molecule has 1 aliphatic carbocycles. The third-order valence-corrected chi connectivity index (χ3v) is 3.31. The number of rotatable bonds is 2. The smallest absolute Gasteiger partial charge is 0.427 e. The molecule has 5 heteroatoms. The molecule has 5 nitrogen and oxygen atoms in total. The zero-order valence-corrected chi connectivity index (χ0v) is 8.07. The Bertz CT molecular complexity index is 246. The van der Waals surface area contributed by atoms with Crippen molar-refractivity contribution < 1.29 is 14.3 Å². The molecule has 0 aromatic rings. The van der Waals surface area contributed by atoms with Crippen LogP contribution >= 0.6 is 0 Å². The first-order chi connectivity index (χ1) is 6.70. The second-order valence-electron chi connectivity index (χ2n) is 4.10. The van der Waals surface area contributed by atoms with Crippen LogP contribution in [-0.4, -0.2) is 30.9 Å². The Labute approximate surface area is 82.7 Å². The van der Waals surface area contributed by atoms with Crippen LogP contribution in [0.2, 0.25) is 0 Å². The van der Waals surface area contributed by atoms with E-state index in [0.29, 0.717) is 19.0 Å². The van der Waals surface area contributed by atoms with Crippen molar-refractivity contribution in [2.45, 2.75) is 31.0 Å². The lowest BCUT2D eigenvalue weighted by molar-refractivity contribution is -0.0102. The Morgan fingerprint density at radius 2 is 2.29 bits per heavy atom. The summed E-state index contributed by atoms with van der Waals surface area (Å²) in [6.45, 7) is 0.968. The number of ether oxygens (including phenoxy) is 2. The second-order valence-corrected chi connectivity index (χ2v) is 4.10. The molecule has 0 bridgehead atoms. The van der Waals surface area contributed by atoms with Crippen molar-refractivity contribution in [1.29, 1.82) is 0 Å². The van der Waals surface area contributed by atoms with Gasteiger partial charge in [-0.1, -0.05) is 0 Å². The van der Waals surface area contributed by atoms with Gasteiger partial charge in [0.05, 0.1) is 0 Å². The van der Waals surface area contributed by atoms with Crippen LogP contribution in [0.1, 0.15) is 19.3 Å². The molecule has 1 aliphatic heterocycles. The molecule has 0 radical (unpaired) electrons. The van der Waals surface area contributed by atoms with E-state index in [1.54, 1.807) is 0 Å². The summed E-state index contributed by atoms with van der Waals surface area (Å²) in [5.74, 6) is 0.425. The van der Waals surface area contributed by atoms with Gasteiger partial charge in [0.2, 0.25) is 0 Å². The molecule has 80 valence electrons. The molecule has 0 spiro atoms. The SMILES string of the molecule is NCC1CCC2(CN)OC(=O)OC2C1. The van der Waals surface area contributed by atoms with Crippen molar-refractivity contribution in [3.8, 4) is 0 Å². The van der Waals surface area contributed by atoms with E-state index in [4.69, 9.17) is 20.9 Å². The molecule has 2 fully saturated rings. The molecule has 1 heterocycles. The van der Waals surface area contributed by atoms with Gasteiger partial charge >= 0.3 is 6.16 Å². The largest absolute Gasteiger partial charge is 0.509 e. The lowest BCUT2D eigenvalue weighted by atomic mass is 9.76. The first-order valence-electron chi connectivity index (χ1n) is 5.00. The number of hydrogen-bond acceptors (Lipinski definition) is 5. The van der Waals surface area contributed by atoms with Crippen LogP contribution in [0.3, 0.4) is 0 Å². The van der Waals surface area contributed by atoms with Gasteiger partial charge in [0.15, 0.2) is 5.60 Å². The zero-order chi connectivity index (χ0) is 10.2. The van der Waals surface area contributed by atoms with Crippen molar-refractivity contribution in [2.75, 3.05) is 13.1 Å². The van der Waals surface area contributed by atoms with E-state index >= 15 is 0 Å². The van der Waals surface area contributed by atoms with Gasteiger partial charge in [0, 0.05) is 6.54 Å². The summed E-state index contributed by atoms with van der Waals surface area (Å²) in [6, 6.07) is 0. The molecule has 2 aliphatic rings. The van der Waals surface area contributed by atoms with Gasteiger partial charge in [-0.3, -0.25) is 0 Å². The topological polar surface area (TPSA) is 87.6 Å². The molecule has 0 amide bonds. The molecule has 3 atom stereocenters. The molecule has 3 unspecified atom stereocenters. The van der Waals surface area contributed by atoms with E-state index in [0.717, 1.165) is 19.3 Å². The first kappa shape index (κ1) is 9.73. The molecule has 1 saturated heterocycles. The minimum atomic E-state index is -0.585. The van der Waals surface area contributed by atoms with Crippen LogP contribution in [0.4, 0.5) is 4.79 Å². The van der Waals surface area contributed by atoms with E-state index in [-0.39, 0.29) is 6.10 Å². The summed E-state index contributed by atoms with van der Waals surface area (Å²) in [4.78, 5) is 11.0. The van der Waals surface area contributed by atoms with E-state index in [2.05, 4.69) is 0 Å². The number of fused-ring (bicyclic) bond motifs is 1. The van der Waals surface area contributed by atoms with Crippen molar-refractivity contribution in [1.82, 2.24) is 0 Å². The van der Waals surface area contributed by atoms with Gasteiger partial charge in [0.25, 0.3) is 0 Å². The highest BCUT2D eigenvalue weighted by Gasteiger charge is 2.53. The maximum atomic E-state index is 11.0. The summed E-state index contributed by atoms with van der Waals surface area (Å²) in [5, 5.41) is 0. The zero-order valence-electron chi connectivity index (χ0n) is 8.07. The predicted octanol–water partition coefficient (Wildman–Crippen LogP) is -0.0219. The molecule has 4 N–H and O–H groups in total. The van der Waals surface area contributed by atoms with Gasteiger partial charge in [-0.25, -0.2) is 4.79 Å². The standard InChI is InChI=1S/C9H16N2O3/c10-4-6-1-2-9(5-11)7(3-6)13-8(12)14-9/h6-7H,1-5,10-11H2. The Morgan fingerprint density at radius 1 is 1.50 bits per heavy atom. The third-order valence-electron chi connectivity index (χ3n) is 3.31.